The van der Waals surface area contributed by atoms with E-state index in [2.05, 4.69) is 22.4 Å². The van der Waals surface area contributed by atoms with Gasteiger partial charge in [-0.25, -0.2) is 4.98 Å². The van der Waals surface area contributed by atoms with Crippen LogP contribution >= 0.6 is 11.6 Å². The number of nitrogens with zero attached hydrogens (tertiary/aromatic N) is 3. The normalized spacial score (nSPS) is 16.7. The topological polar surface area (TPSA) is 20.5 Å². The minimum absolute atomic E-state index is 0.504. The molecule has 1 saturated carbocycles. The first-order valence-electron chi connectivity index (χ1n) is 7.63. The van der Waals surface area contributed by atoms with Crippen LogP contribution in [0.1, 0.15) is 44.7 Å². The van der Waals surface area contributed by atoms with Gasteiger partial charge >= 0.3 is 0 Å². The number of hydrogen-bond acceptors (Lipinski definition) is 2. The van der Waals surface area contributed by atoms with E-state index in [1.165, 1.54) is 32.1 Å². The minimum atomic E-state index is 0.504. The SMILES string of the molecule is CCN(c1nc2ccccn2c1CCl)C1CCCCC1. The predicted molar refractivity (Wildman–Crippen MR) is 84.6 cm³/mol. The van der Waals surface area contributed by atoms with Crippen molar-refractivity contribution >= 4 is 23.1 Å². The van der Waals surface area contributed by atoms with Gasteiger partial charge in [0.05, 0.1) is 11.6 Å². The second-order valence-electron chi connectivity index (χ2n) is 5.52. The van der Waals surface area contributed by atoms with Gasteiger partial charge in [-0.05, 0) is 31.9 Å². The number of alkyl halides is 1. The van der Waals surface area contributed by atoms with E-state index in [9.17, 15) is 0 Å². The van der Waals surface area contributed by atoms with Crippen molar-refractivity contribution in [3.63, 3.8) is 0 Å². The van der Waals surface area contributed by atoms with Crippen molar-refractivity contribution in [2.24, 2.45) is 0 Å². The van der Waals surface area contributed by atoms with Gasteiger partial charge in [0.25, 0.3) is 0 Å². The van der Waals surface area contributed by atoms with Crippen molar-refractivity contribution in [1.82, 2.24) is 9.38 Å². The molecule has 1 aliphatic rings. The van der Waals surface area contributed by atoms with Crippen LogP contribution in [0.4, 0.5) is 5.82 Å². The molecule has 0 unspecified atom stereocenters. The Balaban J connectivity index is 2.01. The van der Waals surface area contributed by atoms with Crippen LogP contribution in [0.2, 0.25) is 0 Å². The third-order valence-corrected chi connectivity index (χ3v) is 4.62. The number of imidazole rings is 1. The highest BCUT2D eigenvalue weighted by atomic mass is 35.5. The van der Waals surface area contributed by atoms with Crippen molar-refractivity contribution in [3.8, 4) is 0 Å². The molecule has 3 nitrogen and oxygen atoms in total. The molecule has 0 spiro atoms. The molecule has 0 N–H and O–H groups in total. The number of halogens is 1. The lowest BCUT2D eigenvalue weighted by Crippen LogP contribution is -2.37. The first kappa shape index (κ1) is 13.7. The van der Waals surface area contributed by atoms with Crippen LogP contribution < -0.4 is 4.90 Å². The summed E-state index contributed by atoms with van der Waals surface area (Å²) in [5, 5.41) is 0. The zero-order valence-corrected chi connectivity index (χ0v) is 12.8. The van der Waals surface area contributed by atoms with Crippen LogP contribution in [0.25, 0.3) is 5.65 Å². The molecular weight excluding hydrogens is 270 g/mol. The van der Waals surface area contributed by atoms with Gasteiger partial charge in [0.15, 0.2) is 5.82 Å². The predicted octanol–water partition coefficient (Wildman–Crippen LogP) is 4.23. The zero-order valence-electron chi connectivity index (χ0n) is 12.1. The van der Waals surface area contributed by atoms with Gasteiger partial charge in [-0.1, -0.05) is 25.3 Å². The first-order chi connectivity index (χ1) is 9.85. The van der Waals surface area contributed by atoms with E-state index in [0.29, 0.717) is 11.9 Å². The minimum Gasteiger partial charge on any atom is -0.352 e. The Morgan fingerprint density at radius 3 is 2.80 bits per heavy atom. The number of hydrogen-bond donors (Lipinski definition) is 0. The maximum absolute atomic E-state index is 6.20. The summed E-state index contributed by atoms with van der Waals surface area (Å²) in [7, 11) is 0. The first-order valence-corrected chi connectivity index (χ1v) is 8.17. The van der Waals surface area contributed by atoms with Gasteiger partial charge in [-0.2, -0.15) is 0 Å². The Labute approximate surface area is 125 Å². The van der Waals surface area contributed by atoms with Crippen LogP contribution in [-0.2, 0) is 5.88 Å². The molecule has 0 atom stereocenters. The van der Waals surface area contributed by atoms with E-state index in [0.717, 1.165) is 23.7 Å². The average molecular weight is 292 g/mol. The summed E-state index contributed by atoms with van der Waals surface area (Å²) >= 11 is 6.20. The highest BCUT2D eigenvalue weighted by molar-refractivity contribution is 6.17. The lowest BCUT2D eigenvalue weighted by molar-refractivity contribution is 0.416. The Morgan fingerprint density at radius 2 is 2.10 bits per heavy atom. The van der Waals surface area contributed by atoms with E-state index in [4.69, 9.17) is 16.6 Å². The lowest BCUT2D eigenvalue weighted by atomic mass is 9.94. The van der Waals surface area contributed by atoms with Gasteiger partial charge in [0.1, 0.15) is 5.65 Å². The molecule has 0 saturated heterocycles. The number of anilines is 1. The van der Waals surface area contributed by atoms with Crippen LogP contribution in [0, 0.1) is 0 Å². The van der Waals surface area contributed by atoms with Crippen molar-refractivity contribution < 1.29 is 0 Å². The standard InChI is InChI=1S/C16H22ClN3/c1-2-19(13-8-4-3-5-9-13)16-14(12-17)20-11-7-6-10-15(20)18-16/h6-7,10-11,13H,2-5,8-9,12H2,1H3. The molecule has 1 fully saturated rings. The summed E-state index contributed by atoms with van der Waals surface area (Å²) in [5.74, 6) is 1.59. The van der Waals surface area contributed by atoms with Crippen LogP contribution in [0.5, 0.6) is 0 Å². The summed E-state index contributed by atoms with van der Waals surface area (Å²) in [6.07, 6.45) is 8.67. The highest BCUT2D eigenvalue weighted by Gasteiger charge is 2.24. The Morgan fingerprint density at radius 1 is 1.30 bits per heavy atom. The smallest absolute Gasteiger partial charge is 0.152 e. The molecule has 0 radical (unpaired) electrons. The third-order valence-electron chi connectivity index (χ3n) is 4.36. The maximum atomic E-state index is 6.20. The van der Waals surface area contributed by atoms with Gasteiger partial charge in [0.2, 0.25) is 0 Å². The van der Waals surface area contributed by atoms with Gasteiger partial charge in [0, 0.05) is 18.8 Å². The van der Waals surface area contributed by atoms with Crippen LogP contribution in [0.15, 0.2) is 24.4 Å². The van der Waals surface area contributed by atoms with Crippen LogP contribution in [-0.4, -0.2) is 22.0 Å². The van der Waals surface area contributed by atoms with Crippen molar-refractivity contribution in [2.45, 2.75) is 50.9 Å². The summed E-state index contributed by atoms with van der Waals surface area (Å²) in [6, 6.07) is 6.74. The number of rotatable bonds is 4. The van der Waals surface area contributed by atoms with E-state index in [-0.39, 0.29) is 0 Å². The molecule has 0 bridgehead atoms. The van der Waals surface area contributed by atoms with Crippen molar-refractivity contribution in [2.75, 3.05) is 11.4 Å². The maximum Gasteiger partial charge on any atom is 0.152 e. The molecule has 108 valence electrons. The Kier molecular flexibility index (Phi) is 4.16. The van der Waals surface area contributed by atoms with Gasteiger partial charge in [-0.3, -0.25) is 0 Å². The Bertz CT molecular complexity index is 572. The second kappa shape index (κ2) is 6.04. The largest absolute Gasteiger partial charge is 0.352 e. The van der Waals surface area contributed by atoms with Crippen molar-refractivity contribution in [3.05, 3.63) is 30.1 Å². The molecule has 4 heteroatoms. The summed E-state index contributed by atoms with van der Waals surface area (Å²) in [5.41, 5.74) is 2.11. The number of pyridine rings is 1. The van der Waals surface area contributed by atoms with E-state index in [1.807, 2.05) is 18.2 Å². The molecule has 2 aromatic heterocycles. The molecule has 1 aliphatic carbocycles. The van der Waals surface area contributed by atoms with E-state index >= 15 is 0 Å². The molecular formula is C16H22ClN3. The monoisotopic (exact) mass is 291 g/mol. The quantitative estimate of drug-likeness (QED) is 0.786. The molecule has 0 amide bonds. The van der Waals surface area contributed by atoms with Gasteiger partial charge in [-0.15, -0.1) is 11.6 Å². The number of fused-ring (bicyclic) bond motifs is 1. The Hall–Kier alpha value is -1.22. The second-order valence-corrected chi connectivity index (χ2v) is 5.79. The number of aromatic nitrogens is 2. The van der Waals surface area contributed by atoms with Crippen LogP contribution in [0.3, 0.4) is 0 Å². The summed E-state index contributed by atoms with van der Waals surface area (Å²) < 4.78 is 2.12. The van der Waals surface area contributed by atoms with E-state index < -0.39 is 0 Å². The molecule has 2 aromatic rings. The van der Waals surface area contributed by atoms with Crippen molar-refractivity contribution in [1.29, 1.82) is 0 Å². The fourth-order valence-electron chi connectivity index (χ4n) is 3.36. The fourth-order valence-corrected chi connectivity index (χ4v) is 3.61. The summed E-state index contributed by atoms with van der Waals surface area (Å²) in [4.78, 5) is 7.30. The summed E-state index contributed by atoms with van der Waals surface area (Å²) in [6.45, 7) is 3.22. The third kappa shape index (κ3) is 2.39. The molecule has 0 aliphatic heterocycles. The average Bonchev–Trinajstić information content (AvgIpc) is 2.87. The van der Waals surface area contributed by atoms with E-state index in [1.54, 1.807) is 0 Å². The highest BCUT2D eigenvalue weighted by Crippen LogP contribution is 2.30. The van der Waals surface area contributed by atoms with Gasteiger partial charge < -0.3 is 9.30 Å². The fraction of sp³-hybridized carbons (Fsp3) is 0.562. The zero-order chi connectivity index (χ0) is 13.9. The molecule has 20 heavy (non-hydrogen) atoms. The molecule has 2 heterocycles. The lowest BCUT2D eigenvalue weighted by Gasteiger charge is -2.34. The molecule has 0 aromatic carbocycles. The molecule has 3 rings (SSSR count).